The Labute approximate surface area is 123 Å². The van der Waals surface area contributed by atoms with Gasteiger partial charge < -0.3 is 9.84 Å². The number of hydrogen-bond acceptors (Lipinski definition) is 7. The number of fused-ring (bicyclic) bond motifs is 1. The molecule has 0 saturated heterocycles. The molecule has 0 aliphatic rings. The minimum Gasteiger partial charge on any atom is -0.492 e. The summed E-state index contributed by atoms with van der Waals surface area (Å²) < 4.78 is 10.0. The Morgan fingerprint density at radius 2 is 2.10 bits per heavy atom. The summed E-state index contributed by atoms with van der Waals surface area (Å²) in [7, 11) is 0. The maximum Gasteiger partial charge on any atom is 0.233 e. The molecule has 8 heteroatoms. The standard InChI is InChI=1S/C13H8ClN3O4/c14-9-4-8(5-18)13(15-12(9)19)20-6-7-1-2-10-11(3-7)17-21-16-10/h1-5H,6H2,(H,15,19). The summed E-state index contributed by atoms with van der Waals surface area (Å²) in [6.07, 6.45) is 0.554. The van der Waals surface area contributed by atoms with E-state index in [0.717, 1.165) is 5.56 Å². The van der Waals surface area contributed by atoms with Crippen LogP contribution >= 0.6 is 11.6 Å². The molecule has 3 rings (SSSR count). The number of hydrogen-bond donors (Lipinski definition) is 1. The van der Waals surface area contributed by atoms with Crippen molar-refractivity contribution >= 4 is 28.9 Å². The van der Waals surface area contributed by atoms with Gasteiger partial charge in [0.25, 0.3) is 0 Å². The van der Waals surface area contributed by atoms with Crippen LogP contribution in [-0.2, 0) is 6.61 Å². The highest BCUT2D eigenvalue weighted by atomic mass is 35.5. The van der Waals surface area contributed by atoms with Crippen molar-refractivity contribution in [3.05, 3.63) is 40.4 Å². The normalized spacial score (nSPS) is 10.7. The lowest BCUT2D eigenvalue weighted by Crippen LogP contribution is -2.01. The molecule has 1 N–H and O–H groups in total. The highest BCUT2D eigenvalue weighted by molar-refractivity contribution is 6.32. The molecule has 1 aromatic carbocycles. The number of carbonyl (C=O) groups is 1. The van der Waals surface area contributed by atoms with Crippen LogP contribution < -0.4 is 4.74 Å². The summed E-state index contributed by atoms with van der Waals surface area (Å²) in [6.45, 7) is 0.137. The summed E-state index contributed by atoms with van der Waals surface area (Å²) in [6, 6.07) is 6.54. The van der Waals surface area contributed by atoms with Crippen LogP contribution in [0.1, 0.15) is 15.9 Å². The van der Waals surface area contributed by atoms with Crippen molar-refractivity contribution in [3.8, 4) is 11.8 Å². The van der Waals surface area contributed by atoms with E-state index < -0.39 is 5.88 Å². The van der Waals surface area contributed by atoms with E-state index in [1.165, 1.54) is 6.07 Å². The predicted molar refractivity (Wildman–Crippen MR) is 72.4 cm³/mol. The van der Waals surface area contributed by atoms with Gasteiger partial charge in [-0.15, -0.1) is 0 Å². The number of aromatic nitrogens is 3. The molecule has 0 spiro atoms. The van der Waals surface area contributed by atoms with Gasteiger partial charge in [-0.05, 0) is 34.1 Å². The molecular weight excluding hydrogens is 298 g/mol. The second kappa shape index (κ2) is 5.37. The molecule has 0 radical (unpaired) electrons. The predicted octanol–water partition coefficient (Wildman–Crippen LogP) is 2.37. The van der Waals surface area contributed by atoms with Crippen LogP contribution in [0.4, 0.5) is 0 Å². The zero-order valence-corrected chi connectivity index (χ0v) is 11.2. The maximum absolute atomic E-state index is 11.0. The first-order valence-electron chi connectivity index (χ1n) is 5.86. The van der Waals surface area contributed by atoms with E-state index in [-0.39, 0.29) is 23.1 Å². The number of pyridine rings is 1. The molecule has 3 aromatic rings. The van der Waals surface area contributed by atoms with E-state index in [2.05, 4.69) is 19.9 Å². The third kappa shape index (κ3) is 2.63. The van der Waals surface area contributed by atoms with E-state index in [4.69, 9.17) is 16.3 Å². The van der Waals surface area contributed by atoms with Crippen molar-refractivity contribution in [1.82, 2.24) is 15.3 Å². The van der Waals surface area contributed by atoms with Crippen molar-refractivity contribution in [3.63, 3.8) is 0 Å². The third-order valence-corrected chi connectivity index (χ3v) is 3.05. The van der Waals surface area contributed by atoms with Gasteiger partial charge in [0, 0.05) is 0 Å². The van der Waals surface area contributed by atoms with E-state index in [9.17, 15) is 9.90 Å². The zero-order valence-electron chi connectivity index (χ0n) is 10.5. The van der Waals surface area contributed by atoms with Crippen molar-refractivity contribution in [2.75, 3.05) is 0 Å². The molecule has 7 nitrogen and oxygen atoms in total. The van der Waals surface area contributed by atoms with E-state index in [1.807, 2.05) is 0 Å². The number of rotatable bonds is 4. The number of halogens is 1. The number of nitrogens with zero attached hydrogens (tertiary/aromatic N) is 3. The number of aromatic hydroxyl groups is 1. The van der Waals surface area contributed by atoms with Gasteiger partial charge in [0.15, 0.2) is 6.29 Å². The number of aldehydes is 1. The minimum absolute atomic E-state index is 0.00488. The fourth-order valence-electron chi connectivity index (χ4n) is 1.75. The highest BCUT2D eigenvalue weighted by Gasteiger charge is 2.11. The third-order valence-electron chi connectivity index (χ3n) is 2.77. The first kappa shape index (κ1) is 13.3. The van der Waals surface area contributed by atoms with Gasteiger partial charge in [-0.2, -0.15) is 4.98 Å². The van der Waals surface area contributed by atoms with Crippen molar-refractivity contribution in [2.24, 2.45) is 0 Å². The molecule has 0 amide bonds. The molecule has 0 aliphatic carbocycles. The average Bonchev–Trinajstić information content (AvgIpc) is 2.95. The van der Waals surface area contributed by atoms with Gasteiger partial charge in [0.05, 0.1) is 5.56 Å². The number of benzene rings is 1. The summed E-state index contributed by atoms with van der Waals surface area (Å²) in [4.78, 5) is 14.7. The Morgan fingerprint density at radius 1 is 1.29 bits per heavy atom. The maximum atomic E-state index is 11.0. The van der Waals surface area contributed by atoms with Gasteiger partial charge in [0.2, 0.25) is 11.8 Å². The molecule has 106 valence electrons. The molecule has 0 bridgehead atoms. The topological polar surface area (TPSA) is 98.3 Å². The van der Waals surface area contributed by atoms with Gasteiger partial charge in [-0.1, -0.05) is 17.7 Å². The average molecular weight is 306 g/mol. The highest BCUT2D eigenvalue weighted by Crippen LogP contribution is 2.27. The molecule has 21 heavy (non-hydrogen) atoms. The molecule has 0 saturated carbocycles. The van der Waals surface area contributed by atoms with E-state index in [1.54, 1.807) is 18.2 Å². The van der Waals surface area contributed by atoms with E-state index in [0.29, 0.717) is 17.3 Å². The first-order chi connectivity index (χ1) is 10.2. The van der Waals surface area contributed by atoms with Crippen molar-refractivity contribution in [2.45, 2.75) is 6.61 Å². The fourth-order valence-corrected chi connectivity index (χ4v) is 1.91. The Hall–Kier alpha value is -2.67. The molecule has 0 fully saturated rings. The molecule has 0 atom stereocenters. The largest absolute Gasteiger partial charge is 0.492 e. The van der Waals surface area contributed by atoms with Crippen LogP contribution in [0.15, 0.2) is 28.9 Å². The van der Waals surface area contributed by atoms with E-state index >= 15 is 0 Å². The lowest BCUT2D eigenvalue weighted by molar-refractivity contribution is 0.111. The van der Waals surface area contributed by atoms with Gasteiger partial charge >= 0.3 is 0 Å². The van der Waals surface area contributed by atoms with Crippen molar-refractivity contribution in [1.29, 1.82) is 0 Å². The smallest absolute Gasteiger partial charge is 0.233 e. The monoisotopic (exact) mass is 305 g/mol. The SMILES string of the molecule is O=Cc1cc(Cl)c(O)nc1OCc1ccc2nonc2c1. The Morgan fingerprint density at radius 3 is 2.90 bits per heavy atom. The quantitative estimate of drug-likeness (QED) is 0.739. The second-order valence-corrected chi connectivity index (χ2v) is 4.59. The minimum atomic E-state index is -0.395. The number of carbonyl (C=O) groups excluding carboxylic acids is 1. The van der Waals surface area contributed by atoms with Gasteiger partial charge in [-0.25, -0.2) is 4.63 Å². The van der Waals surface area contributed by atoms with Crippen LogP contribution in [0.3, 0.4) is 0 Å². The zero-order chi connectivity index (χ0) is 14.8. The van der Waals surface area contributed by atoms with Gasteiger partial charge in [0.1, 0.15) is 22.7 Å². The van der Waals surface area contributed by atoms with Crippen LogP contribution in [0.25, 0.3) is 11.0 Å². The second-order valence-electron chi connectivity index (χ2n) is 4.18. The molecule has 2 heterocycles. The summed E-state index contributed by atoms with van der Waals surface area (Å²) in [5.41, 5.74) is 2.17. The summed E-state index contributed by atoms with van der Waals surface area (Å²) in [5.74, 6) is -0.390. The molecule has 0 unspecified atom stereocenters. The molecule has 0 aliphatic heterocycles. The number of ether oxygens (including phenoxy) is 1. The lowest BCUT2D eigenvalue weighted by atomic mass is 10.2. The Bertz CT molecular complexity index is 818. The summed E-state index contributed by atoms with van der Waals surface area (Å²) >= 11 is 5.68. The van der Waals surface area contributed by atoms with Gasteiger partial charge in [-0.3, -0.25) is 4.79 Å². The Kier molecular flexibility index (Phi) is 3.41. The molecule has 2 aromatic heterocycles. The lowest BCUT2D eigenvalue weighted by Gasteiger charge is -2.08. The van der Waals surface area contributed by atoms with Crippen LogP contribution in [0.2, 0.25) is 5.02 Å². The first-order valence-corrected chi connectivity index (χ1v) is 6.24. The summed E-state index contributed by atoms with van der Waals surface area (Å²) in [5, 5.41) is 16.9. The molecular formula is C13H8ClN3O4. The fraction of sp³-hybridized carbons (Fsp3) is 0.0769. The Balaban J connectivity index is 1.83. The van der Waals surface area contributed by atoms with Crippen LogP contribution in [0.5, 0.6) is 11.8 Å². The van der Waals surface area contributed by atoms with Crippen LogP contribution in [-0.4, -0.2) is 26.7 Å². The van der Waals surface area contributed by atoms with Crippen LogP contribution in [0, 0.1) is 0 Å². The van der Waals surface area contributed by atoms with Crippen molar-refractivity contribution < 1.29 is 19.3 Å².